The van der Waals surface area contributed by atoms with Crippen LogP contribution < -0.4 is 10.6 Å². The van der Waals surface area contributed by atoms with Crippen LogP contribution in [-0.4, -0.2) is 48.2 Å². The predicted octanol–water partition coefficient (Wildman–Crippen LogP) is 0.717. The van der Waals surface area contributed by atoms with E-state index in [-0.39, 0.29) is 19.1 Å². The number of hydrogen-bond acceptors (Lipinski definition) is 4. The maximum atomic E-state index is 11.8. The van der Waals surface area contributed by atoms with Crippen molar-refractivity contribution >= 4 is 11.9 Å². The van der Waals surface area contributed by atoms with E-state index in [9.17, 15) is 9.59 Å². The molecule has 0 saturated heterocycles. The minimum Gasteiger partial charge on any atom is -0.395 e. The third kappa shape index (κ3) is 7.43. The standard InChI is InChI=1S/C15H23N3O3/c1-2-8-16-15(21)17-14(20)12-18(9-10-19)11-13-6-4-3-5-7-13/h3-7,19H,2,8-12H2,1H3,(H2,16,17,20,21). The first-order valence-electron chi connectivity index (χ1n) is 7.10. The molecular formula is C15H23N3O3. The Morgan fingerprint density at radius 3 is 2.57 bits per heavy atom. The summed E-state index contributed by atoms with van der Waals surface area (Å²) >= 11 is 0. The van der Waals surface area contributed by atoms with Gasteiger partial charge in [-0.1, -0.05) is 37.3 Å². The molecule has 0 aliphatic carbocycles. The zero-order valence-electron chi connectivity index (χ0n) is 12.3. The Labute approximate surface area is 125 Å². The Morgan fingerprint density at radius 2 is 1.95 bits per heavy atom. The van der Waals surface area contributed by atoms with Gasteiger partial charge in [0, 0.05) is 19.6 Å². The van der Waals surface area contributed by atoms with Gasteiger partial charge >= 0.3 is 6.03 Å². The minimum absolute atomic E-state index is 0.0395. The Balaban J connectivity index is 2.46. The van der Waals surface area contributed by atoms with Crippen molar-refractivity contribution in [1.82, 2.24) is 15.5 Å². The summed E-state index contributed by atoms with van der Waals surface area (Å²) in [5.41, 5.74) is 1.05. The Bertz CT molecular complexity index is 437. The molecule has 0 spiro atoms. The van der Waals surface area contributed by atoms with Crippen LogP contribution in [0.2, 0.25) is 0 Å². The number of hydrogen-bond donors (Lipinski definition) is 3. The summed E-state index contributed by atoms with van der Waals surface area (Å²) < 4.78 is 0. The summed E-state index contributed by atoms with van der Waals surface area (Å²) in [5, 5.41) is 13.9. The highest BCUT2D eigenvalue weighted by Gasteiger charge is 2.13. The first-order valence-corrected chi connectivity index (χ1v) is 7.10. The molecule has 0 atom stereocenters. The fourth-order valence-corrected chi connectivity index (χ4v) is 1.85. The van der Waals surface area contributed by atoms with Crippen LogP contribution in [0.25, 0.3) is 0 Å². The Hall–Kier alpha value is -1.92. The number of nitrogens with zero attached hydrogens (tertiary/aromatic N) is 1. The summed E-state index contributed by atoms with van der Waals surface area (Å²) in [5.74, 6) is -0.381. The number of imide groups is 1. The lowest BCUT2D eigenvalue weighted by Crippen LogP contribution is -2.45. The highest BCUT2D eigenvalue weighted by atomic mass is 16.3. The summed E-state index contributed by atoms with van der Waals surface area (Å²) in [6, 6.07) is 9.19. The van der Waals surface area contributed by atoms with Crippen LogP contribution in [0, 0.1) is 0 Å². The van der Waals surface area contributed by atoms with E-state index in [2.05, 4.69) is 10.6 Å². The fraction of sp³-hybridized carbons (Fsp3) is 0.467. The predicted molar refractivity (Wildman–Crippen MR) is 80.6 cm³/mol. The third-order valence-electron chi connectivity index (χ3n) is 2.82. The fourth-order valence-electron chi connectivity index (χ4n) is 1.85. The van der Waals surface area contributed by atoms with Gasteiger partial charge in [0.1, 0.15) is 0 Å². The van der Waals surface area contributed by atoms with Crippen molar-refractivity contribution in [2.45, 2.75) is 19.9 Å². The van der Waals surface area contributed by atoms with Crippen LogP contribution >= 0.6 is 0 Å². The van der Waals surface area contributed by atoms with E-state index in [1.165, 1.54) is 0 Å². The van der Waals surface area contributed by atoms with Crippen molar-refractivity contribution < 1.29 is 14.7 Å². The number of rotatable bonds is 8. The molecule has 0 bridgehead atoms. The summed E-state index contributed by atoms with van der Waals surface area (Å²) in [6.07, 6.45) is 0.812. The smallest absolute Gasteiger partial charge is 0.321 e. The lowest BCUT2D eigenvalue weighted by molar-refractivity contribution is -0.121. The zero-order valence-corrected chi connectivity index (χ0v) is 12.3. The van der Waals surface area contributed by atoms with Gasteiger partial charge in [0.05, 0.1) is 13.2 Å². The summed E-state index contributed by atoms with van der Waals surface area (Å²) in [4.78, 5) is 25.0. The van der Waals surface area contributed by atoms with Crippen LogP contribution in [-0.2, 0) is 11.3 Å². The number of amides is 3. The maximum Gasteiger partial charge on any atom is 0.321 e. The number of urea groups is 1. The molecule has 6 heteroatoms. The van der Waals surface area contributed by atoms with Crippen molar-refractivity contribution in [3.8, 4) is 0 Å². The molecule has 0 fully saturated rings. The topological polar surface area (TPSA) is 81.7 Å². The molecule has 0 aromatic heterocycles. The Kier molecular flexibility index (Phi) is 8.08. The molecular weight excluding hydrogens is 270 g/mol. The number of carbonyl (C=O) groups is 2. The van der Waals surface area contributed by atoms with E-state index in [1.807, 2.05) is 37.3 Å². The normalized spacial score (nSPS) is 10.4. The molecule has 0 aliphatic rings. The van der Waals surface area contributed by atoms with E-state index >= 15 is 0 Å². The average molecular weight is 293 g/mol. The first kappa shape index (κ1) is 17.1. The van der Waals surface area contributed by atoms with E-state index in [1.54, 1.807) is 4.90 Å². The van der Waals surface area contributed by atoms with Crippen molar-refractivity contribution in [3.05, 3.63) is 35.9 Å². The molecule has 1 aromatic carbocycles. The van der Waals surface area contributed by atoms with Crippen molar-refractivity contribution in [1.29, 1.82) is 0 Å². The number of benzene rings is 1. The van der Waals surface area contributed by atoms with Gasteiger partial charge in [-0.25, -0.2) is 4.79 Å². The molecule has 116 valence electrons. The van der Waals surface area contributed by atoms with Crippen molar-refractivity contribution in [3.63, 3.8) is 0 Å². The van der Waals surface area contributed by atoms with E-state index in [0.717, 1.165) is 12.0 Å². The zero-order chi connectivity index (χ0) is 15.5. The molecule has 0 radical (unpaired) electrons. The van der Waals surface area contributed by atoms with Gasteiger partial charge in [0.15, 0.2) is 0 Å². The Morgan fingerprint density at radius 1 is 1.24 bits per heavy atom. The maximum absolute atomic E-state index is 11.8. The van der Waals surface area contributed by atoms with Gasteiger partial charge in [-0.15, -0.1) is 0 Å². The van der Waals surface area contributed by atoms with Gasteiger partial charge in [-0.05, 0) is 12.0 Å². The second kappa shape index (κ2) is 9.90. The highest BCUT2D eigenvalue weighted by Crippen LogP contribution is 2.03. The van der Waals surface area contributed by atoms with Crippen LogP contribution in [0.3, 0.4) is 0 Å². The average Bonchev–Trinajstić information content (AvgIpc) is 2.46. The van der Waals surface area contributed by atoms with Gasteiger partial charge in [-0.2, -0.15) is 0 Å². The SMILES string of the molecule is CCCNC(=O)NC(=O)CN(CCO)Cc1ccccc1. The number of nitrogens with one attached hydrogen (secondary N) is 2. The second-order valence-electron chi connectivity index (χ2n) is 4.72. The molecule has 0 saturated carbocycles. The second-order valence-corrected chi connectivity index (χ2v) is 4.72. The lowest BCUT2D eigenvalue weighted by atomic mass is 10.2. The molecule has 21 heavy (non-hydrogen) atoms. The summed E-state index contributed by atoms with van der Waals surface area (Å²) in [7, 11) is 0. The largest absolute Gasteiger partial charge is 0.395 e. The molecule has 0 heterocycles. The van der Waals surface area contributed by atoms with Crippen molar-refractivity contribution in [2.75, 3.05) is 26.2 Å². The highest BCUT2D eigenvalue weighted by molar-refractivity contribution is 5.95. The van der Waals surface area contributed by atoms with Crippen LogP contribution in [0.4, 0.5) is 4.79 Å². The van der Waals surface area contributed by atoms with E-state index in [4.69, 9.17) is 5.11 Å². The van der Waals surface area contributed by atoms with Gasteiger partial charge in [-0.3, -0.25) is 15.0 Å². The molecule has 0 unspecified atom stereocenters. The van der Waals surface area contributed by atoms with Gasteiger partial charge in [0.25, 0.3) is 0 Å². The molecule has 6 nitrogen and oxygen atoms in total. The number of aliphatic hydroxyl groups excluding tert-OH is 1. The molecule has 1 aromatic rings. The van der Waals surface area contributed by atoms with Gasteiger partial charge < -0.3 is 10.4 Å². The minimum atomic E-state index is -0.481. The molecule has 3 amide bonds. The van der Waals surface area contributed by atoms with E-state index in [0.29, 0.717) is 19.6 Å². The number of aliphatic hydroxyl groups is 1. The van der Waals surface area contributed by atoms with Gasteiger partial charge in [0.2, 0.25) is 5.91 Å². The monoisotopic (exact) mass is 293 g/mol. The van der Waals surface area contributed by atoms with Crippen LogP contribution in [0.15, 0.2) is 30.3 Å². The van der Waals surface area contributed by atoms with Crippen molar-refractivity contribution in [2.24, 2.45) is 0 Å². The first-order chi connectivity index (χ1) is 10.2. The summed E-state index contributed by atoms with van der Waals surface area (Å²) in [6.45, 7) is 3.41. The molecule has 3 N–H and O–H groups in total. The van der Waals surface area contributed by atoms with E-state index < -0.39 is 6.03 Å². The van der Waals surface area contributed by atoms with Crippen LogP contribution in [0.1, 0.15) is 18.9 Å². The third-order valence-corrected chi connectivity index (χ3v) is 2.82. The quantitative estimate of drug-likeness (QED) is 0.659. The lowest BCUT2D eigenvalue weighted by Gasteiger charge is -2.20. The number of carbonyl (C=O) groups excluding carboxylic acids is 2. The molecule has 1 rings (SSSR count). The van der Waals surface area contributed by atoms with Crippen LogP contribution in [0.5, 0.6) is 0 Å². The molecule has 0 aliphatic heterocycles.